The number of carbonyl (C=O) groups is 1. The fourth-order valence-corrected chi connectivity index (χ4v) is 2.81. The van der Waals surface area contributed by atoms with Crippen LogP contribution in [0.25, 0.3) is 0 Å². The second kappa shape index (κ2) is 3.49. The van der Waals surface area contributed by atoms with Crippen LogP contribution in [0.3, 0.4) is 0 Å². The van der Waals surface area contributed by atoms with Gasteiger partial charge in [0.15, 0.2) is 0 Å². The molecule has 2 aliphatic rings. The van der Waals surface area contributed by atoms with Crippen LogP contribution in [0.5, 0.6) is 0 Å². The van der Waals surface area contributed by atoms with Gasteiger partial charge in [0.2, 0.25) is 0 Å². The lowest BCUT2D eigenvalue weighted by atomic mass is 10.2. The van der Waals surface area contributed by atoms with Crippen LogP contribution in [0.1, 0.15) is 27.2 Å². The minimum absolute atomic E-state index is 0.0421. The Morgan fingerprint density at radius 2 is 2.28 bits per heavy atom. The number of fused-ring (bicyclic) bond motifs is 1. The zero-order chi connectivity index (χ0) is 13.0. The van der Waals surface area contributed by atoms with Gasteiger partial charge in [0, 0.05) is 31.4 Å². The number of piperidine rings is 1. The van der Waals surface area contributed by atoms with E-state index in [2.05, 4.69) is 5.10 Å². The first-order chi connectivity index (χ1) is 8.41. The van der Waals surface area contributed by atoms with Gasteiger partial charge >= 0.3 is 6.09 Å². The van der Waals surface area contributed by atoms with E-state index >= 15 is 0 Å². The molecule has 2 unspecified atom stereocenters. The number of aromatic nitrogens is 2. The Kier molecular flexibility index (Phi) is 2.24. The SMILES string of the molecule is CC(C)(C)OC(=O)N1CC2CC2(n2cccn2)C1. The Bertz CT molecular complexity index is 463. The van der Waals surface area contributed by atoms with Crippen molar-refractivity contribution in [2.75, 3.05) is 13.1 Å². The number of amides is 1. The van der Waals surface area contributed by atoms with Crippen molar-refractivity contribution >= 4 is 6.09 Å². The maximum Gasteiger partial charge on any atom is 0.410 e. The molecule has 1 saturated heterocycles. The number of rotatable bonds is 1. The summed E-state index contributed by atoms with van der Waals surface area (Å²) in [5.74, 6) is 0.532. The third-order valence-electron chi connectivity index (χ3n) is 3.72. The van der Waals surface area contributed by atoms with E-state index in [1.54, 1.807) is 11.1 Å². The topological polar surface area (TPSA) is 47.4 Å². The molecular formula is C13H19N3O2. The summed E-state index contributed by atoms with van der Waals surface area (Å²) < 4.78 is 7.41. The van der Waals surface area contributed by atoms with Gasteiger partial charge in [0.05, 0.1) is 5.54 Å². The standard InChI is InChI=1S/C13H19N3O2/c1-12(2,3)18-11(17)15-8-10-7-13(10,9-15)16-6-4-5-14-16/h4-6,10H,7-9H2,1-3H3. The van der Waals surface area contributed by atoms with Gasteiger partial charge in [-0.15, -0.1) is 0 Å². The summed E-state index contributed by atoms with van der Waals surface area (Å²) in [5, 5.41) is 4.32. The highest BCUT2D eigenvalue weighted by atomic mass is 16.6. The number of hydrogen-bond acceptors (Lipinski definition) is 3. The Hall–Kier alpha value is -1.52. The number of hydrogen-bond donors (Lipinski definition) is 0. The van der Waals surface area contributed by atoms with Crippen LogP contribution < -0.4 is 0 Å². The van der Waals surface area contributed by atoms with Gasteiger partial charge in [-0.1, -0.05) is 0 Å². The summed E-state index contributed by atoms with van der Waals surface area (Å²) in [6.45, 7) is 7.18. The first-order valence-electron chi connectivity index (χ1n) is 6.39. The smallest absolute Gasteiger partial charge is 0.410 e. The molecule has 18 heavy (non-hydrogen) atoms. The highest BCUT2D eigenvalue weighted by Gasteiger charge is 2.63. The van der Waals surface area contributed by atoms with Gasteiger partial charge in [-0.3, -0.25) is 4.68 Å². The van der Waals surface area contributed by atoms with Gasteiger partial charge in [-0.05, 0) is 33.3 Å². The molecule has 1 aromatic heterocycles. The summed E-state index contributed by atoms with van der Waals surface area (Å²) in [6.07, 6.45) is 4.69. The normalized spacial score (nSPS) is 30.2. The lowest BCUT2D eigenvalue weighted by Crippen LogP contribution is -2.38. The molecule has 5 nitrogen and oxygen atoms in total. The monoisotopic (exact) mass is 249 g/mol. The molecule has 0 bridgehead atoms. The van der Waals surface area contributed by atoms with Crippen LogP contribution >= 0.6 is 0 Å². The quantitative estimate of drug-likeness (QED) is 0.763. The van der Waals surface area contributed by atoms with Crippen LogP contribution in [0.4, 0.5) is 4.79 Å². The average Bonchev–Trinajstić information content (AvgIpc) is 2.72. The largest absolute Gasteiger partial charge is 0.444 e. The van der Waals surface area contributed by atoms with E-state index in [9.17, 15) is 4.79 Å². The zero-order valence-electron chi connectivity index (χ0n) is 11.1. The molecule has 98 valence electrons. The summed E-state index contributed by atoms with van der Waals surface area (Å²) in [6, 6.07) is 1.93. The predicted octanol–water partition coefficient (Wildman–Crippen LogP) is 1.85. The van der Waals surface area contributed by atoms with Gasteiger partial charge in [-0.2, -0.15) is 5.10 Å². The van der Waals surface area contributed by atoms with Crippen molar-refractivity contribution in [3.63, 3.8) is 0 Å². The first-order valence-corrected chi connectivity index (χ1v) is 6.39. The fourth-order valence-electron chi connectivity index (χ4n) is 2.81. The summed E-state index contributed by atoms with van der Waals surface area (Å²) in [5.41, 5.74) is -0.386. The van der Waals surface area contributed by atoms with Gasteiger partial charge < -0.3 is 9.64 Å². The molecule has 1 aromatic rings. The first kappa shape index (κ1) is 11.6. The highest BCUT2D eigenvalue weighted by molar-refractivity contribution is 5.69. The van der Waals surface area contributed by atoms with E-state index < -0.39 is 5.60 Å². The summed E-state index contributed by atoms with van der Waals surface area (Å²) >= 11 is 0. The molecule has 0 spiro atoms. The average molecular weight is 249 g/mol. The molecule has 0 N–H and O–H groups in total. The van der Waals surface area contributed by atoms with Crippen molar-refractivity contribution in [3.8, 4) is 0 Å². The molecule has 3 rings (SSSR count). The van der Waals surface area contributed by atoms with Gasteiger partial charge in [-0.25, -0.2) is 4.79 Å². The molecule has 5 heteroatoms. The lowest BCUT2D eigenvalue weighted by Gasteiger charge is -2.26. The second-order valence-corrected chi connectivity index (χ2v) is 6.32. The molecule has 1 aliphatic carbocycles. The molecule has 0 aromatic carbocycles. The molecule has 2 fully saturated rings. The molecule has 2 heterocycles. The van der Waals surface area contributed by atoms with Gasteiger partial charge in [0.1, 0.15) is 5.60 Å². The van der Waals surface area contributed by atoms with Crippen LogP contribution in [-0.2, 0) is 10.3 Å². The van der Waals surface area contributed by atoms with E-state index in [0.717, 1.165) is 13.0 Å². The Morgan fingerprint density at radius 3 is 2.89 bits per heavy atom. The van der Waals surface area contributed by atoms with Crippen molar-refractivity contribution in [2.45, 2.75) is 38.3 Å². The molecule has 1 aliphatic heterocycles. The molecule has 1 amide bonds. The molecule has 1 saturated carbocycles. The third-order valence-corrected chi connectivity index (χ3v) is 3.72. The van der Waals surface area contributed by atoms with Gasteiger partial charge in [0.25, 0.3) is 0 Å². The third kappa shape index (κ3) is 1.78. The Balaban J connectivity index is 1.69. The number of carbonyl (C=O) groups excluding carboxylic acids is 1. The van der Waals surface area contributed by atoms with Crippen molar-refractivity contribution < 1.29 is 9.53 Å². The zero-order valence-corrected chi connectivity index (χ0v) is 11.1. The van der Waals surface area contributed by atoms with Crippen LogP contribution in [0.15, 0.2) is 18.5 Å². The number of likely N-dealkylation sites (tertiary alicyclic amines) is 1. The minimum Gasteiger partial charge on any atom is -0.444 e. The second-order valence-electron chi connectivity index (χ2n) is 6.32. The minimum atomic E-state index is -0.428. The Labute approximate surface area is 107 Å². The van der Waals surface area contributed by atoms with Crippen molar-refractivity contribution in [2.24, 2.45) is 5.92 Å². The van der Waals surface area contributed by atoms with Crippen LogP contribution in [0.2, 0.25) is 0 Å². The maximum absolute atomic E-state index is 12.0. The Morgan fingerprint density at radius 1 is 1.50 bits per heavy atom. The molecule has 2 atom stereocenters. The van der Waals surface area contributed by atoms with E-state index in [0.29, 0.717) is 12.5 Å². The van der Waals surface area contributed by atoms with E-state index in [4.69, 9.17) is 4.74 Å². The van der Waals surface area contributed by atoms with Crippen molar-refractivity contribution in [1.82, 2.24) is 14.7 Å². The van der Waals surface area contributed by atoms with Crippen molar-refractivity contribution in [1.29, 1.82) is 0 Å². The maximum atomic E-state index is 12.0. The molecular weight excluding hydrogens is 230 g/mol. The van der Waals surface area contributed by atoms with E-state index in [1.807, 2.05) is 37.7 Å². The lowest BCUT2D eigenvalue weighted by molar-refractivity contribution is 0.0262. The number of ether oxygens (including phenoxy) is 1. The van der Waals surface area contributed by atoms with E-state index in [-0.39, 0.29) is 11.6 Å². The summed E-state index contributed by atoms with van der Waals surface area (Å²) in [4.78, 5) is 13.8. The highest BCUT2D eigenvalue weighted by Crippen LogP contribution is 2.55. The van der Waals surface area contributed by atoms with Crippen molar-refractivity contribution in [3.05, 3.63) is 18.5 Å². The van der Waals surface area contributed by atoms with Crippen LogP contribution in [0, 0.1) is 5.92 Å². The summed E-state index contributed by atoms with van der Waals surface area (Å²) in [7, 11) is 0. The fraction of sp³-hybridized carbons (Fsp3) is 0.692. The van der Waals surface area contributed by atoms with E-state index in [1.165, 1.54) is 0 Å². The number of nitrogens with zero attached hydrogens (tertiary/aromatic N) is 3. The van der Waals surface area contributed by atoms with Crippen LogP contribution in [-0.4, -0.2) is 39.5 Å². The molecule has 0 radical (unpaired) electrons. The predicted molar refractivity (Wildman–Crippen MR) is 66.1 cm³/mol.